The maximum atomic E-state index is 5.70. The molecule has 0 unspecified atom stereocenters. The van der Waals surface area contributed by atoms with Crippen LogP contribution in [0.2, 0.25) is 0 Å². The Hall–Kier alpha value is -2.20. The number of nitrogens with zero attached hydrogens (tertiary/aromatic N) is 2. The summed E-state index contributed by atoms with van der Waals surface area (Å²) >= 11 is 0. The van der Waals surface area contributed by atoms with E-state index in [4.69, 9.17) is 4.42 Å². The minimum Gasteiger partial charge on any atom is -0.419 e. The maximum absolute atomic E-state index is 5.70. The van der Waals surface area contributed by atoms with Crippen LogP contribution in [0.25, 0.3) is 22.2 Å². The zero-order valence-corrected chi connectivity index (χ0v) is 10.8. The smallest absolute Gasteiger partial charge is 0.248 e. The third-order valence-corrected chi connectivity index (χ3v) is 3.01. The Morgan fingerprint density at radius 3 is 2.79 bits per heavy atom. The molecule has 0 aliphatic heterocycles. The van der Waals surface area contributed by atoms with Gasteiger partial charge >= 0.3 is 0 Å². The van der Waals surface area contributed by atoms with E-state index in [0.717, 1.165) is 17.5 Å². The molecule has 3 rings (SSSR count). The van der Waals surface area contributed by atoms with Crippen LogP contribution in [0.1, 0.15) is 12.8 Å². The van der Waals surface area contributed by atoms with Gasteiger partial charge in [0, 0.05) is 5.56 Å². The summed E-state index contributed by atoms with van der Waals surface area (Å²) in [5.41, 5.74) is 0.980. The van der Waals surface area contributed by atoms with Crippen LogP contribution in [-0.4, -0.2) is 16.7 Å². The molecule has 0 saturated carbocycles. The molecule has 4 nitrogen and oxygen atoms in total. The lowest BCUT2D eigenvalue weighted by Crippen LogP contribution is -2.11. The summed E-state index contributed by atoms with van der Waals surface area (Å²) in [6.45, 7) is 3.53. The number of benzene rings is 2. The number of nitrogens with one attached hydrogen (secondary N) is 1. The Balaban J connectivity index is 2.02. The second kappa shape index (κ2) is 5.20. The summed E-state index contributed by atoms with van der Waals surface area (Å²) in [7, 11) is 0. The van der Waals surface area contributed by atoms with Gasteiger partial charge in [-0.1, -0.05) is 43.3 Å². The van der Waals surface area contributed by atoms with E-state index in [0.29, 0.717) is 18.3 Å². The van der Waals surface area contributed by atoms with Gasteiger partial charge in [-0.3, -0.25) is 0 Å². The van der Waals surface area contributed by atoms with Crippen LogP contribution in [-0.2, 0) is 6.54 Å². The fourth-order valence-corrected chi connectivity index (χ4v) is 2.08. The Labute approximate surface area is 111 Å². The molecule has 0 atom stereocenters. The quantitative estimate of drug-likeness (QED) is 0.776. The van der Waals surface area contributed by atoms with Gasteiger partial charge in [-0.05, 0) is 23.4 Å². The minimum absolute atomic E-state index is 0.574. The molecule has 1 aromatic heterocycles. The number of rotatable bonds is 4. The summed E-state index contributed by atoms with van der Waals surface area (Å²) in [5.74, 6) is 1.19. The zero-order chi connectivity index (χ0) is 13.1. The van der Waals surface area contributed by atoms with Gasteiger partial charge in [0.05, 0.1) is 6.54 Å². The van der Waals surface area contributed by atoms with Gasteiger partial charge in [-0.2, -0.15) is 0 Å². The SMILES string of the molecule is CCNCc1nnc(-c2cccc3ccccc23)o1. The fraction of sp³-hybridized carbons (Fsp3) is 0.200. The van der Waals surface area contributed by atoms with Crippen molar-refractivity contribution in [3.63, 3.8) is 0 Å². The Morgan fingerprint density at radius 2 is 1.89 bits per heavy atom. The van der Waals surface area contributed by atoms with Crippen molar-refractivity contribution in [1.29, 1.82) is 0 Å². The monoisotopic (exact) mass is 253 g/mol. The van der Waals surface area contributed by atoms with Crippen molar-refractivity contribution < 1.29 is 4.42 Å². The number of hydrogen-bond donors (Lipinski definition) is 1. The lowest BCUT2D eigenvalue weighted by Gasteiger charge is -2.01. The largest absolute Gasteiger partial charge is 0.419 e. The van der Waals surface area contributed by atoms with Gasteiger partial charge in [0.1, 0.15) is 0 Å². The topological polar surface area (TPSA) is 51.0 Å². The highest BCUT2D eigenvalue weighted by atomic mass is 16.4. The molecule has 0 radical (unpaired) electrons. The number of fused-ring (bicyclic) bond motifs is 1. The fourth-order valence-electron chi connectivity index (χ4n) is 2.08. The van der Waals surface area contributed by atoms with Crippen molar-refractivity contribution in [1.82, 2.24) is 15.5 Å². The van der Waals surface area contributed by atoms with Gasteiger partial charge in [0.15, 0.2) is 0 Å². The summed E-state index contributed by atoms with van der Waals surface area (Å²) in [6.07, 6.45) is 0. The predicted octanol–water partition coefficient (Wildman–Crippen LogP) is 3.00. The maximum Gasteiger partial charge on any atom is 0.248 e. The van der Waals surface area contributed by atoms with Crippen molar-refractivity contribution in [2.75, 3.05) is 6.54 Å². The minimum atomic E-state index is 0.574. The first-order chi connectivity index (χ1) is 9.38. The molecule has 0 spiro atoms. The molecule has 0 aliphatic rings. The van der Waals surface area contributed by atoms with E-state index in [2.05, 4.69) is 33.7 Å². The molecule has 2 aromatic carbocycles. The molecule has 0 saturated heterocycles. The predicted molar refractivity (Wildman–Crippen MR) is 74.6 cm³/mol. The zero-order valence-electron chi connectivity index (χ0n) is 10.8. The third-order valence-electron chi connectivity index (χ3n) is 3.01. The molecule has 4 heteroatoms. The van der Waals surface area contributed by atoms with Crippen LogP contribution >= 0.6 is 0 Å². The molecule has 0 fully saturated rings. The highest BCUT2D eigenvalue weighted by Gasteiger charge is 2.10. The Kier molecular flexibility index (Phi) is 3.25. The summed E-state index contributed by atoms with van der Waals surface area (Å²) in [5, 5.41) is 13.7. The molecule has 3 aromatic rings. The van der Waals surface area contributed by atoms with Crippen molar-refractivity contribution >= 4 is 10.8 Å². The standard InChI is InChI=1S/C15H15N3O/c1-2-16-10-14-17-18-15(19-14)13-9-5-7-11-6-3-4-8-12(11)13/h3-9,16H,2,10H2,1H3. The molecule has 19 heavy (non-hydrogen) atoms. The van der Waals surface area contributed by atoms with Crippen LogP contribution in [0, 0.1) is 0 Å². The summed E-state index contributed by atoms with van der Waals surface area (Å²) < 4.78 is 5.70. The van der Waals surface area contributed by atoms with E-state index in [1.807, 2.05) is 31.2 Å². The van der Waals surface area contributed by atoms with E-state index >= 15 is 0 Å². The van der Waals surface area contributed by atoms with Crippen LogP contribution in [0.3, 0.4) is 0 Å². The number of hydrogen-bond acceptors (Lipinski definition) is 4. The van der Waals surface area contributed by atoms with Crippen LogP contribution in [0.5, 0.6) is 0 Å². The first kappa shape index (κ1) is 11.9. The third kappa shape index (κ3) is 2.35. The lowest BCUT2D eigenvalue weighted by molar-refractivity contribution is 0.482. The molecular weight excluding hydrogens is 238 g/mol. The molecule has 0 bridgehead atoms. The van der Waals surface area contributed by atoms with E-state index in [1.165, 1.54) is 5.39 Å². The summed E-state index contributed by atoms with van der Waals surface area (Å²) in [4.78, 5) is 0. The van der Waals surface area contributed by atoms with Gasteiger partial charge < -0.3 is 9.73 Å². The van der Waals surface area contributed by atoms with E-state index in [-0.39, 0.29) is 0 Å². The van der Waals surface area contributed by atoms with Crippen LogP contribution < -0.4 is 5.32 Å². The molecule has 96 valence electrons. The Bertz CT molecular complexity index is 685. The average Bonchev–Trinajstić information content (AvgIpc) is 2.93. The van der Waals surface area contributed by atoms with Gasteiger partial charge in [0.2, 0.25) is 11.8 Å². The normalized spacial score (nSPS) is 11.0. The van der Waals surface area contributed by atoms with Crippen LogP contribution in [0.4, 0.5) is 0 Å². The lowest BCUT2D eigenvalue weighted by atomic mass is 10.0. The average molecular weight is 253 g/mol. The highest BCUT2D eigenvalue weighted by Crippen LogP contribution is 2.27. The second-order valence-corrected chi connectivity index (χ2v) is 4.31. The first-order valence-corrected chi connectivity index (χ1v) is 6.39. The van der Waals surface area contributed by atoms with E-state index in [9.17, 15) is 0 Å². The van der Waals surface area contributed by atoms with Crippen LogP contribution in [0.15, 0.2) is 46.9 Å². The molecule has 1 heterocycles. The molecular formula is C15H15N3O. The Morgan fingerprint density at radius 1 is 1.05 bits per heavy atom. The van der Waals surface area contributed by atoms with E-state index < -0.39 is 0 Å². The van der Waals surface area contributed by atoms with Gasteiger partial charge in [0.25, 0.3) is 0 Å². The van der Waals surface area contributed by atoms with Crippen molar-refractivity contribution in [2.45, 2.75) is 13.5 Å². The van der Waals surface area contributed by atoms with Gasteiger partial charge in [-0.25, -0.2) is 0 Å². The highest BCUT2D eigenvalue weighted by molar-refractivity contribution is 5.94. The molecule has 0 aliphatic carbocycles. The van der Waals surface area contributed by atoms with Crippen molar-refractivity contribution in [3.8, 4) is 11.5 Å². The second-order valence-electron chi connectivity index (χ2n) is 4.31. The van der Waals surface area contributed by atoms with Crippen molar-refractivity contribution in [3.05, 3.63) is 48.4 Å². The number of aromatic nitrogens is 2. The van der Waals surface area contributed by atoms with E-state index in [1.54, 1.807) is 0 Å². The van der Waals surface area contributed by atoms with Gasteiger partial charge in [-0.15, -0.1) is 10.2 Å². The summed E-state index contributed by atoms with van der Waals surface area (Å²) in [6, 6.07) is 14.3. The molecule has 0 amide bonds. The van der Waals surface area contributed by atoms with Crippen molar-refractivity contribution in [2.24, 2.45) is 0 Å². The first-order valence-electron chi connectivity index (χ1n) is 6.39. The molecule has 1 N–H and O–H groups in total.